The largest absolute Gasteiger partial charge is 0.464 e. The zero-order valence-electron chi connectivity index (χ0n) is 16.8. The predicted octanol–water partition coefficient (Wildman–Crippen LogP) is 2.67. The smallest absolute Gasteiger partial charge is 0.411 e. The van der Waals surface area contributed by atoms with Gasteiger partial charge in [-0.1, -0.05) is 12.2 Å². The SMILES string of the molecule is C=C(C)[C@H](c1c[nH]c2c(=O)[nH]cnc12)N(CCOC(C)=O)C(=O)OC(C)(C)C. The Morgan fingerprint density at radius 1 is 1.29 bits per heavy atom. The number of aromatic nitrogens is 3. The number of fused-ring (bicyclic) bond motifs is 1. The van der Waals surface area contributed by atoms with Gasteiger partial charge >= 0.3 is 12.1 Å². The average molecular weight is 390 g/mol. The Kier molecular flexibility index (Phi) is 6.27. The number of amides is 1. The van der Waals surface area contributed by atoms with Crippen LogP contribution in [0.15, 0.2) is 29.5 Å². The van der Waals surface area contributed by atoms with Crippen molar-refractivity contribution in [2.45, 2.75) is 46.3 Å². The number of carbonyl (C=O) groups excluding carboxylic acids is 2. The second-order valence-electron chi connectivity index (χ2n) is 7.46. The lowest BCUT2D eigenvalue weighted by atomic mass is 10.0. The van der Waals surface area contributed by atoms with Crippen LogP contribution >= 0.6 is 0 Å². The van der Waals surface area contributed by atoms with E-state index < -0.39 is 23.7 Å². The Morgan fingerprint density at radius 3 is 2.54 bits per heavy atom. The summed E-state index contributed by atoms with van der Waals surface area (Å²) in [6.45, 7) is 12.4. The van der Waals surface area contributed by atoms with Crippen LogP contribution in [0.3, 0.4) is 0 Å². The van der Waals surface area contributed by atoms with E-state index in [1.807, 2.05) is 0 Å². The molecule has 0 aliphatic rings. The number of hydrogen-bond donors (Lipinski definition) is 2. The van der Waals surface area contributed by atoms with E-state index in [-0.39, 0.29) is 18.7 Å². The van der Waals surface area contributed by atoms with Crippen molar-refractivity contribution in [2.24, 2.45) is 0 Å². The fourth-order valence-corrected chi connectivity index (χ4v) is 2.81. The van der Waals surface area contributed by atoms with Gasteiger partial charge in [-0.15, -0.1) is 0 Å². The van der Waals surface area contributed by atoms with Crippen molar-refractivity contribution in [3.63, 3.8) is 0 Å². The minimum atomic E-state index is -0.716. The van der Waals surface area contributed by atoms with Gasteiger partial charge in [0.25, 0.3) is 5.56 Å². The molecule has 0 spiro atoms. The summed E-state index contributed by atoms with van der Waals surface area (Å²) in [7, 11) is 0. The Morgan fingerprint density at radius 2 is 1.96 bits per heavy atom. The first-order chi connectivity index (χ1) is 13.0. The average Bonchev–Trinajstić information content (AvgIpc) is 2.97. The van der Waals surface area contributed by atoms with Crippen LogP contribution in [0.2, 0.25) is 0 Å². The third kappa shape index (κ3) is 4.99. The van der Waals surface area contributed by atoms with Crippen molar-refractivity contribution in [1.29, 1.82) is 0 Å². The van der Waals surface area contributed by atoms with Gasteiger partial charge in [-0.25, -0.2) is 9.78 Å². The molecule has 1 amide bonds. The number of rotatable bonds is 6. The summed E-state index contributed by atoms with van der Waals surface area (Å²) in [6, 6.07) is -0.631. The third-order valence-electron chi connectivity index (χ3n) is 3.84. The van der Waals surface area contributed by atoms with Gasteiger partial charge in [0.2, 0.25) is 0 Å². The third-order valence-corrected chi connectivity index (χ3v) is 3.84. The maximum Gasteiger partial charge on any atom is 0.411 e. The number of carbonyl (C=O) groups is 2. The van der Waals surface area contributed by atoms with E-state index in [1.54, 1.807) is 33.9 Å². The van der Waals surface area contributed by atoms with E-state index in [0.717, 1.165) is 0 Å². The number of aromatic amines is 2. The van der Waals surface area contributed by atoms with Crippen LogP contribution < -0.4 is 5.56 Å². The second kappa shape index (κ2) is 8.28. The number of nitrogens with one attached hydrogen (secondary N) is 2. The van der Waals surface area contributed by atoms with Crippen LogP contribution in [0.1, 0.15) is 46.2 Å². The minimum Gasteiger partial charge on any atom is -0.464 e. The Labute approximate surface area is 162 Å². The summed E-state index contributed by atoms with van der Waals surface area (Å²) in [5.41, 5.74) is 0.927. The Bertz CT molecular complexity index is 938. The maximum atomic E-state index is 12.9. The molecule has 9 nitrogen and oxygen atoms in total. The van der Waals surface area contributed by atoms with Gasteiger partial charge in [0, 0.05) is 18.7 Å². The highest BCUT2D eigenvalue weighted by Crippen LogP contribution is 2.32. The lowest BCUT2D eigenvalue weighted by molar-refractivity contribution is -0.141. The molecule has 0 unspecified atom stereocenters. The standard InChI is InChI=1S/C19H26N4O5/c1-11(2)16(13-9-20-15-14(13)21-10-22-17(15)25)23(7-8-27-12(3)24)18(26)28-19(4,5)6/h9-10,16,20H,1,7-8H2,2-6H3,(H,21,22,25)/t16-/m1/s1. The molecule has 28 heavy (non-hydrogen) atoms. The number of hydrogen-bond acceptors (Lipinski definition) is 6. The molecular formula is C19H26N4O5. The number of esters is 1. The monoisotopic (exact) mass is 390 g/mol. The van der Waals surface area contributed by atoms with Crippen LogP contribution in [0.4, 0.5) is 4.79 Å². The molecule has 2 heterocycles. The lowest BCUT2D eigenvalue weighted by Gasteiger charge is -2.33. The Balaban J connectivity index is 2.48. The number of ether oxygens (including phenoxy) is 2. The topological polar surface area (TPSA) is 117 Å². The number of H-pyrrole nitrogens is 2. The second-order valence-corrected chi connectivity index (χ2v) is 7.46. The van der Waals surface area contributed by atoms with Crippen LogP contribution in [0.5, 0.6) is 0 Å². The summed E-state index contributed by atoms with van der Waals surface area (Å²) in [5, 5.41) is 0. The molecule has 0 aliphatic heterocycles. The van der Waals surface area contributed by atoms with E-state index in [2.05, 4.69) is 21.5 Å². The van der Waals surface area contributed by atoms with Crippen molar-refractivity contribution in [3.05, 3.63) is 40.6 Å². The van der Waals surface area contributed by atoms with E-state index in [0.29, 0.717) is 22.2 Å². The first kappa shape index (κ1) is 21.2. The van der Waals surface area contributed by atoms with Gasteiger partial charge < -0.3 is 19.4 Å². The zero-order valence-corrected chi connectivity index (χ0v) is 16.8. The van der Waals surface area contributed by atoms with Crippen LogP contribution in [0, 0.1) is 0 Å². The number of nitrogens with zero attached hydrogens (tertiary/aromatic N) is 2. The van der Waals surface area contributed by atoms with Crippen molar-refractivity contribution >= 4 is 23.1 Å². The zero-order chi connectivity index (χ0) is 21.1. The van der Waals surface area contributed by atoms with Crippen LogP contribution in [-0.4, -0.2) is 50.7 Å². The van der Waals surface area contributed by atoms with E-state index in [1.165, 1.54) is 18.2 Å². The fourth-order valence-electron chi connectivity index (χ4n) is 2.81. The molecule has 2 rings (SSSR count). The molecule has 2 aromatic heterocycles. The molecule has 0 bridgehead atoms. The molecule has 0 aliphatic carbocycles. The fraction of sp³-hybridized carbons (Fsp3) is 0.474. The molecule has 0 fully saturated rings. The van der Waals surface area contributed by atoms with Gasteiger partial charge in [-0.3, -0.25) is 14.5 Å². The van der Waals surface area contributed by atoms with Crippen LogP contribution in [-0.2, 0) is 14.3 Å². The van der Waals surface area contributed by atoms with Crippen molar-refractivity contribution in [1.82, 2.24) is 19.9 Å². The van der Waals surface area contributed by atoms with Crippen molar-refractivity contribution in [2.75, 3.05) is 13.2 Å². The normalized spacial score (nSPS) is 12.5. The maximum absolute atomic E-state index is 12.9. The highest BCUT2D eigenvalue weighted by Gasteiger charge is 2.32. The van der Waals surface area contributed by atoms with Gasteiger partial charge in [-0.05, 0) is 27.7 Å². The summed E-state index contributed by atoms with van der Waals surface area (Å²) in [4.78, 5) is 47.1. The van der Waals surface area contributed by atoms with Crippen molar-refractivity contribution < 1.29 is 19.1 Å². The van der Waals surface area contributed by atoms with E-state index >= 15 is 0 Å². The molecule has 0 saturated heterocycles. The molecule has 2 N–H and O–H groups in total. The molecule has 0 aromatic carbocycles. The lowest BCUT2D eigenvalue weighted by Crippen LogP contribution is -2.41. The quantitative estimate of drug-likeness (QED) is 0.578. The van der Waals surface area contributed by atoms with Gasteiger partial charge in [0.15, 0.2) is 0 Å². The van der Waals surface area contributed by atoms with Gasteiger partial charge in [-0.2, -0.15) is 0 Å². The van der Waals surface area contributed by atoms with Crippen molar-refractivity contribution in [3.8, 4) is 0 Å². The Hall–Kier alpha value is -3.10. The molecule has 0 saturated carbocycles. The minimum absolute atomic E-state index is 0.00523. The van der Waals surface area contributed by atoms with Crippen LogP contribution in [0.25, 0.3) is 11.0 Å². The molecule has 9 heteroatoms. The first-order valence-corrected chi connectivity index (χ1v) is 8.84. The summed E-state index contributed by atoms with van der Waals surface area (Å²) in [6.07, 6.45) is 2.33. The highest BCUT2D eigenvalue weighted by molar-refractivity contribution is 5.80. The summed E-state index contributed by atoms with van der Waals surface area (Å²) >= 11 is 0. The molecular weight excluding hydrogens is 364 g/mol. The molecule has 1 atom stereocenters. The van der Waals surface area contributed by atoms with Gasteiger partial charge in [0.1, 0.15) is 23.2 Å². The first-order valence-electron chi connectivity index (χ1n) is 8.84. The van der Waals surface area contributed by atoms with E-state index in [9.17, 15) is 14.4 Å². The summed E-state index contributed by atoms with van der Waals surface area (Å²) < 4.78 is 10.5. The molecule has 0 radical (unpaired) electrons. The molecule has 152 valence electrons. The predicted molar refractivity (Wildman–Crippen MR) is 104 cm³/mol. The summed E-state index contributed by atoms with van der Waals surface area (Å²) in [5.74, 6) is -0.448. The van der Waals surface area contributed by atoms with E-state index in [4.69, 9.17) is 9.47 Å². The van der Waals surface area contributed by atoms with Gasteiger partial charge in [0.05, 0.1) is 18.9 Å². The highest BCUT2D eigenvalue weighted by atomic mass is 16.6. The molecule has 2 aromatic rings.